The highest BCUT2D eigenvalue weighted by Gasteiger charge is 2.16. The lowest BCUT2D eigenvalue weighted by Crippen LogP contribution is -2.14. The lowest BCUT2D eigenvalue weighted by atomic mass is 10.1. The lowest BCUT2D eigenvalue weighted by Gasteiger charge is -2.20. The van der Waals surface area contributed by atoms with Gasteiger partial charge in [-0.3, -0.25) is 0 Å². The molecule has 1 N–H and O–H groups in total. The lowest BCUT2D eigenvalue weighted by molar-refractivity contribution is -0.0258. The van der Waals surface area contributed by atoms with Gasteiger partial charge >= 0.3 is 0 Å². The van der Waals surface area contributed by atoms with E-state index in [4.69, 9.17) is 9.47 Å². The maximum atomic E-state index is 9.27. The smallest absolute Gasteiger partial charge is 0.124 e. The zero-order valence-corrected chi connectivity index (χ0v) is 9.43. The fraction of sp³-hybridized carbons (Fsp3) is 0.500. The van der Waals surface area contributed by atoms with Crippen LogP contribution in [0, 0.1) is 0 Å². The highest BCUT2D eigenvalue weighted by Crippen LogP contribution is 2.27. The second kappa shape index (κ2) is 5.73. The summed E-state index contributed by atoms with van der Waals surface area (Å²) in [5, 5.41) is 9.27. The summed E-state index contributed by atoms with van der Waals surface area (Å²) < 4.78 is 10.8. The molecule has 3 heteroatoms. The van der Waals surface area contributed by atoms with Gasteiger partial charge in [-0.2, -0.15) is 0 Å². The predicted octanol–water partition coefficient (Wildman–Crippen LogP) is 2.15. The molecule has 0 radical (unpaired) electrons. The minimum atomic E-state index is -0.318. The fourth-order valence-corrected chi connectivity index (χ4v) is 1.48. The van der Waals surface area contributed by atoms with Crippen molar-refractivity contribution < 1.29 is 14.6 Å². The summed E-state index contributed by atoms with van der Waals surface area (Å²) in [6.45, 7) is 3.84. The van der Waals surface area contributed by atoms with Crippen LogP contribution < -0.4 is 4.74 Å². The van der Waals surface area contributed by atoms with Crippen LogP contribution in [0.15, 0.2) is 24.3 Å². The van der Waals surface area contributed by atoms with E-state index < -0.39 is 0 Å². The van der Waals surface area contributed by atoms with Crippen LogP contribution in [0.3, 0.4) is 0 Å². The van der Waals surface area contributed by atoms with Crippen molar-refractivity contribution in [1.82, 2.24) is 0 Å². The summed E-state index contributed by atoms with van der Waals surface area (Å²) in [4.78, 5) is 0. The molecule has 0 aliphatic carbocycles. The molecule has 3 nitrogen and oxygen atoms in total. The van der Waals surface area contributed by atoms with Gasteiger partial charge in [0, 0.05) is 5.56 Å². The number of ether oxygens (including phenoxy) is 2. The number of benzene rings is 1. The average Bonchev–Trinajstić information content (AvgIpc) is 2.25. The first-order chi connectivity index (χ1) is 7.19. The molecule has 0 bridgehead atoms. The molecule has 0 aliphatic rings. The topological polar surface area (TPSA) is 38.7 Å². The number of methoxy groups -OCH3 is 1. The highest BCUT2D eigenvalue weighted by atomic mass is 16.5. The van der Waals surface area contributed by atoms with E-state index in [0.717, 1.165) is 11.3 Å². The minimum Gasteiger partial charge on any atom is -0.496 e. The number of para-hydroxylation sites is 1. The van der Waals surface area contributed by atoms with Gasteiger partial charge in [-0.25, -0.2) is 0 Å². The molecule has 0 spiro atoms. The van der Waals surface area contributed by atoms with E-state index in [0.29, 0.717) is 0 Å². The van der Waals surface area contributed by atoms with Gasteiger partial charge in [-0.1, -0.05) is 18.2 Å². The van der Waals surface area contributed by atoms with Gasteiger partial charge in [0.05, 0.1) is 19.8 Å². The maximum Gasteiger partial charge on any atom is 0.124 e. The van der Waals surface area contributed by atoms with Gasteiger partial charge in [0.15, 0.2) is 0 Å². The van der Waals surface area contributed by atoms with Crippen molar-refractivity contribution in [3.05, 3.63) is 29.8 Å². The Morgan fingerprint density at radius 3 is 2.47 bits per heavy atom. The molecule has 0 fully saturated rings. The van der Waals surface area contributed by atoms with Gasteiger partial charge in [0.2, 0.25) is 0 Å². The molecule has 1 aromatic carbocycles. The molecule has 0 saturated carbocycles. The van der Waals surface area contributed by atoms with Crippen LogP contribution in [0.25, 0.3) is 0 Å². The number of rotatable bonds is 5. The predicted molar refractivity (Wildman–Crippen MR) is 59.0 cm³/mol. The van der Waals surface area contributed by atoms with Crippen molar-refractivity contribution in [3.8, 4) is 5.75 Å². The number of hydrogen-bond donors (Lipinski definition) is 1. The quantitative estimate of drug-likeness (QED) is 0.809. The molecule has 1 aromatic rings. The number of aliphatic hydroxyl groups is 1. The van der Waals surface area contributed by atoms with Crippen LogP contribution in [0.5, 0.6) is 5.75 Å². The third-order valence-corrected chi connectivity index (χ3v) is 2.09. The summed E-state index contributed by atoms with van der Waals surface area (Å²) in [6.07, 6.45) is -0.242. The molecule has 0 saturated heterocycles. The average molecular weight is 210 g/mol. The second-order valence-corrected chi connectivity index (χ2v) is 3.60. The summed E-state index contributed by atoms with van der Waals surface area (Å²) in [5.41, 5.74) is 0.885. The van der Waals surface area contributed by atoms with Gasteiger partial charge in [-0.15, -0.1) is 0 Å². The molecule has 0 unspecified atom stereocenters. The first-order valence-electron chi connectivity index (χ1n) is 5.08. The first kappa shape index (κ1) is 12.0. The van der Waals surface area contributed by atoms with Gasteiger partial charge in [0.1, 0.15) is 11.9 Å². The Hall–Kier alpha value is -1.06. The highest BCUT2D eigenvalue weighted by molar-refractivity contribution is 5.35. The molecule has 0 amide bonds. The largest absolute Gasteiger partial charge is 0.496 e. The fourth-order valence-electron chi connectivity index (χ4n) is 1.48. The summed E-state index contributed by atoms with van der Waals surface area (Å²) in [6, 6.07) is 7.57. The van der Waals surface area contributed by atoms with E-state index in [-0.39, 0.29) is 18.8 Å². The molecule has 0 heterocycles. The Morgan fingerprint density at radius 2 is 1.93 bits per heavy atom. The third kappa shape index (κ3) is 3.22. The molecular formula is C12H18O3. The molecule has 0 aromatic heterocycles. The van der Waals surface area contributed by atoms with E-state index in [2.05, 4.69) is 0 Å². The Morgan fingerprint density at radius 1 is 1.27 bits per heavy atom. The second-order valence-electron chi connectivity index (χ2n) is 3.60. The van der Waals surface area contributed by atoms with Gasteiger partial charge in [-0.05, 0) is 19.9 Å². The molecular weight excluding hydrogens is 192 g/mol. The number of hydrogen-bond acceptors (Lipinski definition) is 3. The molecule has 84 valence electrons. The Labute approximate surface area is 90.6 Å². The first-order valence-corrected chi connectivity index (χ1v) is 5.08. The zero-order valence-electron chi connectivity index (χ0n) is 9.43. The summed E-state index contributed by atoms with van der Waals surface area (Å²) in [5.74, 6) is 0.747. The minimum absolute atomic E-state index is 0.0431. The Bertz CT molecular complexity index is 297. The summed E-state index contributed by atoms with van der Waals surface area (Å²) >= 11 is 0. The Kier molecular flexibility index (Phi) is 4.59. The van der Waals surface area contributed by atoms with Crippen LogP contribution in [0.4, 0.5) is 0 Å². The van der Waals surface area contributed by atoms with Crippen LogP contribution in [-0.4, -0.2) is 24.9 Å². The van der Waals surface area contributed by atoms with Crippen LogP contribution in [-0.2, 0) is 4.74 Å². The molecule has 1 atom stereocenters. The normalized spacial score (nSPS) is 12.9. The summed E-state index contributed by atoms with van der Waals surface area (Å²) in [7, 11) is 1.61. The van der Waals surface area contributed by atoms with Crippen molar-refractivity contribution in [2.45, 2.75) is 26.1 Å². The Balaban J connectivity index is 2.90. The van der Waals surface area contributed by atoms with Crippen molar-refractivity contribution in [2.75, 3.05) is 13.7 Å². The van der Waals surface area contributed by atoms with Crippen LogP contribution in [0.2, 0.25) is 0 Å². The van der Waals surface area contributed by atoms with E-state index in [1.807, 2.05) is 38.1 Å². The van der Waals surface area contributed by atoms with Crippen molar-refractivity contribution >= 4 is 0 Å². The van der Waals surface area contributed by atoms with Crippen LogP contribution in [0.1, 0.15) is 25.5 Å². The monoisotopic (exact) mass is 210 g/mol. The standard InChI is InChI=1S/C12H18O3/c1-9(2)15-12(8-13)10-6-4-5-7-11(10)14-3/h4-7,9,12-13H,8H2,1-3H3/t12-/m1/s1. The van der Waals surface area contributed by atoms with Crippen LogP contribution >= 0.6 is 0 Å². The van der Waals surface area contributed by atoms with E-state index >= 15 is 0 Å². The van der Waals surface area contributed by atoms with Crippen molar-refractivity contribution in [1.29, 1.82) is 0 Å². The number of aliphatic hydroxyl groups excluding tert-OH is 1. The van der Waals surface area contributed by atoms with Gasteiger partial charge in [0.25, 0.3) is 0 Å². The SMILES string of the molecule is COc1ccccc1[C@@H](CO)OC(C)C. The van der Waals surface area contributed by atoms with E-state index in [9.17, 15) is 5.11 Å². The third-order valence-electron chi connectivity index (χ3n) is 2.09. The van der Waals surface area contributed by atoms with Gasteiger partial charge < -0.3 is 14.6 Å². The molecule has 1 rings (SSSR count). The van der Waals surface area contributed by atoms with Crippen molar-refractivity contribution in [2.24, 2.45) is 0 Å². The van der Waals surface area contributed by atoms with E-state index in [1.165, 1.54) is 0 Å². The zero-order chi connectivity index (χ0) is 11.3. The molecule has 0 aliphatic heterocycles. The van der Waals surface area contributed by atoms with E-state index in [1.54, 1.807) is 7.11 Å². The van der Waals surface area contributed by atoms with Crippen molar-refractivity contribution in [3.63, 3.8) is 0 Å². The maximum absolute atomic E-state index is 9.27. The molecule has 15 heavy (non-hydrogen) atoms.